The van der Waals surface area contributed by atoms with Gasteiger partial charge < -0.3 is 14.8 Å². The molecule has 0 spiro atoms. The van der Waals surface area contributed by atoms with Crippen molar-refractivity contribution in [2.45, 2.75) is 38.5 Å². The number of methoxy groups -OCH3 is 1. The molecular weight excluding hydrogens is 452 g/mol. The third kappa shape index (κ3) is 4.79. The number of hydrogen-bond acceptors (Lipinski definition) is 6. The number of ether oxygens (including phenoxy) is 2. The lowest BCUT2D eigenvalue weighted by molar-refractivity contribution is -0.305. The smallest absolute Gasteiger partial charge is 0.458 e. The predicted molar refractivity (Wildman–Crippen MR) is 110 cm³/mol. The monoisotopic (exact) mass is 474 g/mol. The minimum absolute atomic E-state index is 0.0324. The van der Waals surface area contributed by atoms with E-state index in [2.05, 4.69) is 9.64 Å². The van der Waals surface area contributed by atoms with E-state index in [1.807, 2.05) is 35.6 Å². The second-order valence-electron chi connectivity index (χ2n) is 7.13. The molecule has 174 valence electrons. The zero-order valence-electron chi connectivity index (χ0n) is 17.4. The number of thiophene rings is 1. The van der Waals surface area contributed by atoms with Gasteiger partial charge in [-0.25, -0.2) is 4.79 Å². The zero-order chi connectivity index (χ0) is 23.5. The Bertz CT molecular complexity index is 980. The molecule has 32 heavy (non-hydrogen) atoms. The number of rotatable bonds is 7. The topological polar surface area (TPSA) is 67.9 Å². The van der Waals surface area contributed by atoms with E-state index >= 15 is 0 Å². The first kappa shape index (κ1) is 24.1. The molecule has 2 aromatic rings. The molecule has 1 N–H and O–H groups in total. The molecule has 0 saturated heterocycles. The van der Waals surface area contributed by atoms with E-state index in [-0.39, 0.29) is 17.2 Å². The molecule has 1 aliphatic rings. The summed E-state index contributed by atoms with van der Waals surface area (Å²) in [6.45, 7) is 3.26. The molecule has 1 aromatic carbocycles. The average Bonchev–Trinajstić information content (AvgIpc) is 3.10. The molecule has 1 atom stereocenters. The molecule has 1 aromatic heterocycles. The van der Waals surface area contributed by atoms with Crippen molar-refractivity contribution in [3.8, 4) is 0 Å². The third-order valence-corrected chi connectivity index (χ3v) is 6.16. The Morgan fingerprint density at radius 1 is 1.19 bits per heavy atom. The van der Waals surface area contributed by atoms with E-state index in [1.54, 1.807) is 6.92 Å². The number of halogens is 4. The number of anilines is 1. The van der Waals surface area contributed by atoms with Crippen LogP contribution in [-0.4, -0.2) is 49.1 Å². The maximum atomic E-state index is 14.3. The quantitative estimate of drug-likeness (QED) is 0.479. The first-order valence-electron chi connectivity index (χ1n) is 9.80. The highest BCUT2D eigenvalue weighted by atomic mass is 32.1. The van der Waals surface area contributed by atoms with Crippen LogP contribution in [0.3, 0.4) is 0 Å². The van der Waals surface area contributed by atoms with Crippen LogP contribution in [0.25, 0.3) is 0 Å². The summed E-state index contributed by atoms with van der Waals surface area (Å²) in [5.41, 5.74) is 1.63. The van der Waals surface area contributed by atoms with Crippen LogP contribution in [0.15, 0.2) is 30.3 Å². The minimum atomic E-state index is -5.60. The van der Waals surface area contributed by atoms with Crippen LogP contribution in [0.2, 0.25) is 0 Å². The number of amides is 1. The maximum absolute atomic E-state index is 14.3. The largest absolute Gasteiger partial charge is 0.462 e. The van der Waals surface area contributed by atoms with Gasteiger partial charge in [-0.1, -0.05) is 30.3 Å². The molecule has 1 amide bonds. The van der Waals surface area contributed by atoms with Gasteiger partial charge in [-0.3, -0.25) is 9.69 Å². The number of benzene rings is 1. The number of fused-ring (bicyclic) bond motifs is 1. The van der Waals surface area contributed by atoms with E-state index in [4.69, 9.17) is 4.74 Å². The average molecular weight is 474 g/mol. The summed E-state index contributed by atoms with van der Waals surface area (Å²) in [6.07, 6.45) is -5.17. The van der Waals surface area contributed by atoms with Gasteiger partial charge in [0.1, 0.15) is 5.00 Å². The van der Waals surface area contributed by atoms with Gasteiger partial charge in [0.25, 0.3) is 0 Å². The Morgan fingerprint density at radius 2 is 1.88 bits per heavy atom. The fraction of sp³-hybridized carbons (Fsp3) is 0.429. The highest BCUT2D eigenvalue weighted by Gasteiger charge is 2.63. The number of esters is 1. The van der Waals surface area contributed by atoms with Crippen molar-refractivity contribution >= 4 is 28.2 Å². The Hall–Kier alpha value is -2.50. The van der Waals surface area contributed by atoms with Gasteiger partial charge in [0.05, 0.1) is 12.2 Å². The maximum Gasteiger partial charge on any atom is 0.458 e. The lowest BCUT2D eigenvalue weighted by Gasteiger charge is -2.27. The van der Waals surface area contributed by atoms with Crippen LogP contribution in [-0.2, 0) is 33.8 Å². The van der Waals surface area contributed by atoms with Crippen LogP contribution < -0.4 is 5.32 Å². The fourth-order valence-electron chi connectivity index (χ4n) is 3.46. The summed E-state index contributed by atoms with van der Waals surface area (Å²) in [7, 11) is 0.445. The molecule has 0 bridgehead atoms. The third-order valence-electron chi connectivity index (χ3n) is 5.03. The van der Waals surface area contributed by atoms with E-state index < -0.39 is 23.9 Å². The van der Waals surface area contributed by atoms with Gasteiger partial charge in [-0.05, 0) is 24.5 Å². The van der Waals surface area contributed by atoms with E-state index in [1.165, 1.54) is 0 Å². The summed E-state index contributed by atoms with van der Waals surface area (Å²) < 4.78 is 62.4. The molecular formula is C21H22F4N2O4S. The summed E-state index contributed by atoms with van der Waals surface area (Å²) >= 11 is 0.932. The van der Waals surface area contributed by atoms with Crippen molar-refractivity contribution in [1.29, 1.82) is 0 Å². The molecule has 1 aliphatic heterocycles. The molecule has 0 aliphatic carbocycles. The number of nitrogens with one attached hydrogen (secondary N) is 1. The number of carbonyl (C=O) groups excluding carboxylic acids is 2. The van der Waals surface area contributed by atoms with Crippen LogP contribution in [0.4, 0.5) is 22.6 Å². The number of alkyl halides is 4. The normalized spacial score (nSPS) is 16.2. The van der Waals surface area contributed by atoms with Crippen LogP contribution >= 0.6 is 11.3 Å². The molecule has 0 fully saturated rings. The minimum Gasteiger partial charge on any atom is -0.462 e. The molecule has 1 unspecified atom stereocenters. The van der Waals surface area contributed by atoms with Gasteiger partial charge in [0, 0.05) is 31.6 Å². The Labute approximate surface area is 186 Å². The highest BCUT2D eigenvalue weighted by Crippen LogP contribution is 2.40. The molecule has 11 heteroatoms. The fourth-order valence-corrected chi connectivity index (χ4v) is 4.73. The first-order valence-corrected chi connectivity index (χ1v) is 10.6. The molecule has 6 nitrogen and oxygen atoms in total. The number of nitrogens with zero attached hydrogens (tertiary/aromatic N) is 1. The van der Waals surface area contributed by atoms with Crippen molar-refractivity contribution in [1.82, 2.24) is 4.90 Å². The standard InChI is InChI=1S/C21H22F4N2O4S/c1-3-31-18(28)16-14-9-10-27(11-13-7-5-4-6-8-13)12-15(14)32-17(16)26-19(29)20(22,30-2)21(23,24)25/h4-8H,3,9-12H2,1-2H3,(H,26,29). The SMILES string of the molecule is CCOC(=O)c1c(NC(=O)C(F)(OC)C(F)(F)F)sc2c1CCN(Cc1ccccc1)C2. The zero-order valence-corrected chi connectivity index (χ0v) is 18.2. The first-order chi connectivity index (χ1) is 15.1. The van der Waals surface area contributed by atoms with E-state index in [9.17, 15) is 27.2 Å². The van der Waals surface area contributed by atoms with Crippen molar-refractivity contribution in [3.05, 3.63) is 51.9 Å². The Morgan fingerprint density at radius 3 is 2.47 bits per heavy atom. The lowest BCUT2D eigenvalue weighted by Crippen LogP contribution is -2.52. The number of carbonyl (C=O) groups is 2. The van der Waals surface area contributed by atoms with Crippen molar-refractivity contribution < 1.29 is 36.6 Å². The summed E-state index contributed by atoms with van der Waals surface area (Å²) in [4.78, 5) is 27.5. The van der Waals surface area contributed by atoms with Gasteiger partial charge in [0.15, 0.2) is 0 Å². The van der Waals surface area contributed by atoms with Crippen LogP contribution in [0, 0.1) is 0 Å². The van der Waals surface area contributed by atoms with Gasteiger partial charge >= 0.3 is 23.9 Å². The number of hydrogen-bond donors (Lipinski definition) is 1. The molecule has 3 rings (SSSR count). The highest BCUT2D eigenvalue weighted by molar-refractivity contribution is 7.17. The molecule has 0 saturated carbocycles. The summed E-state index contributed by atoms with van der Waals surface area (Å²) in [5, 5.41) is 1.72. The van der Waals surface area contributed by atoms with Gasteiger partial charge in [-0.15, -0.1) is 11.3 Å². The van der Waals surface area contributed by atoms with Crippen LogP contribution in [0.1, 0.15) is 33.3 Å². The summed E-state index contributed by atoms with van der Waals surface area (Å²) in [5.74, 6) is -7.40. The Kier molecular flexibility index (Phi) is 7.21. The van der Waals surface area contributed by atoms with Crippen molar-refractivity contribution in [3.63, 3.8) is 0 Å². The van der Waals surface area contributed by atoms with Crippen molar-refractivity contribution in [2.75, 3.05) is 25.6 Å². The summed E-state index contributed by atoms with van der Waals surface area (Å²) in [6, 6.07) is 9.69. The van der Waals surface area contributed by atoms with Crippen molar-refractivity contribution in [2.24, 2.45) is 0 Å². The predicted octanol–water partition coefficient (Wildman–Crippen LogP) is 4.30. The Balaban J connectivity index is 1.90. The van der Waals surface area contributed by atoms with Gasteiger partial charge in [0.2, 0.25) is 0 Å². The van der Waals surface area contributed by atoms with Gasteiger partial charge in [-0.2, -0.15) is 17.6 Å². The second kappa shape index (κ2) is 9.55. The molecule has 2 heterocycles. The van der Waals surface area contributed by atoms with Crippen LogP contribution in [0.5, 0.6) is 0 Å². The molecule has 0 radical (unpaired) electrons. The van der Waals surface area contributed by atoms with E-state index in [0.717, 1.165) is 16.9 Å². The van der Waals surface area contributed by atoms with E-state index in [0.29, 0.717) is 43.6 Å². The second-order valence-corrected chi connectivity index (χ2v) is 8.23. The lowest BCUT2D eigenvalue weighted by atomic mass is 10.0.